The second-order valence-corrected chi connectivity index (χ2v) is 4.90. The van der Waals surface area contributed by atoms with Crippen molar-refractivity contribution >= 4 is 11.9 Å². The fourth-order valence-electron chi connectivity index (χ4n) is 2.80. The van der Waals surface area contributed by atoms with E-state index < -0.39 is 41.8 Å². The van der Waals surface area contributed by atoms with Gasteiger partial charge >= 0.3 is 11.9 Å². The highest BCUT2D eigenvalue weighted by Crippen LogP contribution is 2.54. The Kier molecular flexibility index (Phi) is 2.08. The van der Waals surface area contributed by atoms with Crippen molar-refractivity contribution < 1.29 is 23.8 Å². The van der Waals surface area contributed by atoms with E-state index in [0.717, 1.165) is 0 Å². The van der Waals surface area contributed by atoms with E-state index in [0.29, 0.717) is 0 Å². The molecule has 2 bridgehead atoms. The third kappa shape index (κ3) is 1.14. The molecule has 3 saturated heterocycles. The van der Waals surface area contributed by atoms with E-state index in [2.05, 4.69) is 6.58 Å². The smallest absolute Gasteiger partial charge is 0.333 e. The average molecular weight is 249 g/mol. The van der Waals surface area contributed by atoms with Gasteiger partial charge in [0.05, 0.1) is 6.07 Å². The van der Waals surface area contributed by atoms with Gasteiger partial charge in [0.15, 0.2) is 17.6 Å². The molecule has 18 heavy (non-hydrogen) atoms. The molecule has 3 aliphatic rings. The Morgan fingerprint density at radius 1 is 1.67 bits per heavy atom. The molecule has 3 rings (SSSR count). The van der Waals surface area contributed by atoms with Crippen molar-refractivity contribution in [2.24, 2.45) is 5.41 Å². The topological polar surface area (TPSA) is 85.6 Å². The van der Waals surface area contributed by atoms with Crippen LogP contribution in [0.15, 0.2) is 12.2 Å². The van der Waals surface area contributed by atoms with Gasteiger partial charge in [0.1, 0.15) is 12.2 Å². The number of ether oxygens (including phenoxy) is 3. The molecule has 0 N–H and O–H groups in total. The lowest BCUT2D eigenvalue weighted by Crippen LogP contribution is -2.44. The summed E-state index contributed by atoms with van der Waals surface area (Å²) in [7, 11) is 0. The van der Waals surface area contributed by atoms with Crippen LogP contribution in [-0.2, 0) is 23.8 Å². The van der Waals surface area contributed by atoms with Crippen LogP contribution in [0, 0.1) is 16.7 Å². The lowest BCUT2D eigenvalue weighted by molar-refractivity contribution is -0.157. The standard InChI is InChI=1S/C12H11NO5/c1-5(2)10(14)17-7-6-3-12(4-13)9(16-6)8(7)18-11(12)15/h6-9H,1,3H2,2H3/t6?,7?,8?,9?,12-/m0/s1. The summed E-state index contributed by atoms with van der Waals surface area (Å²) < 4.78 is 15.9. The number of nitrogens with zero attached hydrogens (tertiary/aromatic N) is 1. The number of nitriles is 1. The SMILES string of the molecule is C=C(C)C(=O)OC1C2C[C@@]3(C#N)C(=O)OC1C3O2. The minimum absolute atomic E-state index is 0.220. The summed E-state index contributed by atoms with van der Waals surface area (Å²) in [6.07, 6.45) is -2.15. The second-order valence-electron chi connectivity index (χ2n) is 4.90. The van der Waals surface area contributed by atoms with Crippen molar-refractivity contribution in [2.75, 3.05) is 0 Å². The van der Waals surface area contributed by atoms with Gasteiger partial charge in [-0.2, -0.15) is 5.26 Å². The summed E-state index contributed by atoms with van der Waals surface area (Å²) in [4.78, 5) is 23.2. The molecule has 6 nitrogen and oxygen atoms in total. The first-order valence-electron chi connectivity index (χ1n) is 5.64. The zero-order valence-electron chi connectivity index (χ0n) is 9.71. The van der Waals surface area contributed by atoms with Crippen molar-refractivity contribution in [2.45, 2.75) is 37.8 Å². The van der Waals surface area contributed by atoms with Crippen LogP contribution >= 0.6 is 0 Å². The molecule has 5 atom stereocenters. The molecule has 0 aliphatic carbocycles. The van der Waals surface area contributed by atoms with Gasteiger partial charge in [0.2, 0.25) is 0 Å². The fraction of sp³-hybridized carbons (Fsp3) is 0.583. The van der Waals surface area contributed by atoms with Crippen molar-refractivity contribution in [1.29, 1.82) is 5.26 Å². The van der Waals surface area contributed by atoms with Gasteiger partial charge in [0, 0.05) is 12.0 Å². The van der Waals surface area contributed by atoms with E-state index in [1.807, 2.05) is 6.07 Å². The molecule has 3 fully saturated rings. The fourth-order valence-corrected chi connectivity index (χ4v) is 2.80. The molecule has 94 valence electrons. The molecular weight excluding hydrogens is 238 g/mol. The number of rotatable bonds is 2. The molecule has 0 aromatic heterocycles. The minimum Gasteiger partial charge on any atom is -0.454 e. The maximum absolute atomic E-state index is 11.7. The van der Waals surface area contributed by atoms with Crippen LogP contribution < -0.4 is 0 Å². The molecular formula is C12H11NO5. The summed E-state index contributed by atoms with van der Waals surface area (Å²) in [5, 5.41) is 9.14. The molecule has 0 aromatic rings. The highest BCUT2D eigenvalue weighted by molar-refractivity contribution is 5.88. The van der Waals surface area contributed by atoms with Crippen LogP contribution in [0.2, 0.25) is 0 Å². The number of hydrogen-bond acceptors (Lipinski definition) is 6. The largest absolute Gasteiger partial charge is 0.454 e. The van der Waals surface area contributed by atoms with Gasteiger partial charge in [0.25, 0.3) is 0 Å². The lowest BCUT2D eigenvalue weighted by Gasteiger charge is -2.24. The normalized spacial score (nSPS) is 43.4. The number of carbonyl (C=O) groups excluding carboxylic acids is 2. The first kappa shape index (κ1) is 11.2. The van der Waals surface area contributed by atoms with E-state index in [9.17, 15) is 9.59 Å². The summed E-state index contributed by atoms with van der Waals surface area (Å²) in [6.45, 7) is 5.03. The summed E-state index contributed by atoms with van der Waals surface area (Å²) in [5.74, 6) is -1.11. The van der Waals surface area contributed by atoms with E-state index in [-0.39, 0.29) is 12.0 Å². The van der Waals surface area contributed by atoms with Crippen molar-refractivity contribution in [3.05, 3.63) is 12.2 Å². The molecule has 3 aliphatic heterocycles. The van der Waals surface area contributed by atoms with Crippen LogP contribution in [-0.4, -0.2) is 36.4 Å². The monoisotopic (exact) mass is 249 g/mol. The Balaban J connectivity index is 1.85. The Morgan fingerprint density at radius 3 is 3.00 bits per heavy atom. The quantitative estimate of drug-likeness (QED) is 0.509. The highest BCUT2D eigenvalue weighted by atomic mass is 16.7. The van der Waals surface area contributed by atoms with Crippen molar-refractivity contribution in [3.8, 4) is 6.07 Å². The van der Waals surface area contributed by atoms with Crippen LogP contribution in [0.25, 0.3) is 0 Å². The van der Waals surface area contributed by atoms with E-state index in [1.54, 1.807) is 0 Å². The average Bonchev–Trinajstić information content (AvgIpc) is 2.90. The maximum Gasteiger partial charge on any atom is 0.333 e. The molecule has 0 radical (unpaired) electrons. The predicted molar refractivity (Wildman–Crippen MR) is 55.9 cm³/mol. The Labute approximate surface area is 103 Å². The summed E-state index contributed by atoms with van der Waals surface area (Å²) in [5.41, 5.74) is -0.935. The number of hydrogen-bond donors (Lipinski definition) is 0. The molecule has 0 aromatic carbocycles. The summed E-state index contributed by atoms with van der Waals surface area (Å²) >= 11 is 0. The highest BCUT2D eigenvalue weighted by Gasteiger charge is 2.74. The predicted octanol–water partition coefficient (Wildman–Crippen LogP) is 0.0808. The van der Waals surface area contributed by atoms with Crippen molar-refractivity contribution in [3.63, 3.8) is 0 Å². The Hall–Kier alpha value is -1.87. The van der Waals surface area contributed by atoms with Gasteiger partial charge in [-0.1, -0.05) is 6.58 Å². The molecule has 3 heterocycles. The van der Waals surface area contributed by atoms with E-state index in [4.69, 9.17) is 19.5 Å². The Bertz CT molecular complexity index is 507. The summed E-state index contributed by atoms with van der Waals surface area (Å²) in [6, 6.07) is 1.99. The third-order valence-electron chi connectivity index (χ3n) is 3.72. The number of carbonyl (C=O) groups is 2. The first-order chi connectivity index (χ1) is 8.49. The third-order valence-corrected chi connectivity index (χ3v) is 3.72. The van der Waals surface area contributed by atoms with Gasteiger partial charge in [-0.05, 0) is 6.92 Å². The molecule has 0 amide bonds. The first-order valence-corrected chi connectivity index (χ1v) is 5.64. The number of esters is 2. The van der Waals surface area contributed by atoms with E-state index >= 15 is 0 Å². The van der Waals surface area contributed by atoms with Crippen LogP contribution in [0.4, 0.5) is 0 Å². The van der Waals surface area contributed by atoms with Crippen LogP contribution in [0.3, 0.4) is 0 Å². The van der Waals surface area contributed by atoms with Crippen molar-refractivity contribution in [1.82, 2.24) is 0 Å². The van der Waals surface area contributed by atoms with E-state index in [1.165, 1.54) is 6.92 Å². The zero-order chi connectivity index (χ0) is 13.1. The molecule has 6 heteroatoms. The van der Waals surface area contributed by atoms with Gasteiger partial charge in [-0.3, -0.25) is 4.79 Å². The lowest BCUT2D eigenvalue weighted by atomic mass is 9.75. The van der Waals surface area contributed by atoms with Crippen LogP contribution in [0.1, 0.15) is 13.3 Å². The molecule has 0 saturated carbocycles. The number of fused-ring (bicyclic) bond motifs is 1. The molecule has 4 unspecified atom stereocenters. The van der Waals surface area contributed by atoms with Crippen LogP contribution in [0.5, 0.6) is 0 Å². The molecule has 0 spiro atoms. The maximum atomic E-state index is 11.7. The van der Waals surface area contributed by atoms with Gasteiger partial charge in [-0.15, -0.1) is 0 Å². The van der Waals surface area contributed by atoms with Gasteiger partial charge in [-0.25, -0.2) is 4.79 Å². The second kappa shape index (κ2) is 3.33. The minimum atomic E-state index is -1.21. The Morgan fingerprint density at radius 2 is 2.39 bits per heavy atom. The van der Waals surface area contributed by atoms with Gasteiger partial charge < -0.3 is 14.2 Å². The zero-order valence-corrected chi connectivity index (χ0v) is 9.71.